The van der Waals surface area contributed by atoms with E-state index in [1.807, 2.05) is 0 Å². The highest BCUT2D eigenvalue weighted by molar-refractivity contribution is 14.2. The molecule has 0 aromatic rings. The fraction of sp³-hybridized carbons (Fsp3) is 1.00. The minimum Gasteiger partial charge on any atom is -0.391 e. The molecule has 0 fully saturated rings. The summed E-state index contributed by atoms with van der Waals surface area (Å²) >= 11 is 3.02. The first-order chi connectivity index (χ1) is 2.56. The molecule has 1 N–H and O–H groups in total. The Hall–Kier alpha value is 1.35. The number of aliphatic hydroxyl groups excluding tert-OH is 1. The molecule has 1 nitrogen and oxygen atoms in total. The Morgan fingerprint density at radius 1 is 1.67 bits per heavy atom. The fourth-order valence-electron chi connectivity index (χ4n) is 0. The van der Waals surface area contributed by atoms with Crippen LogP contribution < -0.4 is 0 Å². The Bertz CT molecular complexity index is 41.3. The van der Waals surface area contributed by atoms with Crippen LogP contribution in [0.5, 0.6) is 0 Å². The highest BCUT2D eigenvalue weighted by Crippen LogP contribution is 2.27. The standard InChI is InChI=1S/C2H3FI2O/c3-2(4,5)1-6/h6H,1H2. The quantitative estimate of drug-likeness (QED) is 0.574. The average Bonchev–Trinajstić information content (AvgIpc) is 1.35. The van der Waals surface area contributed by atoms with Crippen molar-refractivity contribution >= 4 is 45.2 Å². The van der Waals surface area contributed by atoms with Crippen molar-refractivity contribution in [3.63, 3.8) is 0 Å². The highest BCUT2D eigenvalue weighted by Gasteiger charge is 2.16. The van der Waals surface area contributed by atoms with Crippen LogP contribution in [0.15, 0.2) is 0 Å². The number of alkyl halides is 3. The lowest BCUT2D eigenvalue weighted by Crippen LogP contribution is -2.06. The summed E-state index contributed by atoms with van der Waals surface area (Å²) in [6, 6.07) is 0. The molecule has 0 saturated heterocycles. The van der Waals surface area contributed by atoms with E-state index in [1.165, 1.54) is 45.2 Å². The van der Waals surface area contributed by atoms with E-state index in [4.69, 9.17) is 5.11 Å². The van der Waals surface area contributed by atoms with Gasteiger partial charge in [-0.3, -0.25) is 0 Å². The zero-order chi connectivity index (χ0) is 5.21. The van der Waals surface area contributed by atoms with Gasteiger partial charge in [0.15, 0.2) is 0 Å². The molecule has 4 heteroatoms. The van der Waals surface area contributed by atoms with Crippen molar-refractivity contribution in [2.75, 3.05) is 6.61 Å². The maximum absolute atomic E-state index is 11.8. The van der Waals surface area contributed by atoms with E-state index in [9.17, 15) is 4.39 Å². The molecule has 0 atom stereocenters. The predicted molar refractivity (Wildman–Crippen MR) is 39.0 cm³/mol. The van der Waals surface area contributed by atoms with Gasteiger partial charge in [-0.1, -0.05) is 0 Å². The summed E-state index contributed by atoms with van der Waals surface area (Å²) < 4.78 is 10.4. The smallest absolute Gasteiger partial charge is 0.233 e. The van der Waals surface area contributed by atoms with Crippen molar-refractivity contribution in [3.8, 4) is 0 Å². The first-order valence-electron chi connectivity index (χ1n) is 1.24. The Balaban J connectivity index is 3.17. The summed E-state index contributed by atoms with van der Waals surface area (Å²) in [7, 11) is 0. The molecule has 0 aliphatic carbocycles. The van der Waals surface area contributed by atoms with Crippen LogP contribution in [0, 0.1) is 0 Å². The van der Waals surface area contributed by atoms with Crippen molar-refractivity contribution in [2.24, 2.45) is 0 Å². The summed E-state index contributed by atoms with van der Waals surface area (Å²) in [4.78, 5) is 0. The van der Waals surface area contributed by atoms with Gasteiger partial charge in [0.05, 0.1) is 6.61 Å². The third-order valence-corrected chi connectivity index (χ3v) is 0.862. The first kappa shape index (κ1) is 7.35. The second-order valence-corrected chi connectivity index (χ2v) is 6.26. The number of aliphatic hydroxyl groups is 1. The van der Waals surface area contributed by atoms with Crippen molar-refractivity contribution in [1.29, 1.82) is 0 Å². The molecule has 0 spiro atoms. The van der Waals surface area contributed by atoms with Crippen LogP contribution in [0.3, 0.4) is 0 Å². The molecule has 38 valence electrons. The largest absolute Gasteiger partial charge is 0.391 e. The van der Waals surface area contributed by atoms with Gasteiger partial charge in [0, 0.05) is 0 Å². The monoisotopic (exact) mass is 316 g/mol. The lowest BCUT2D eigenvalue weighted by Gasteiger charge is -2.01. The lowest BCUT2D eigenvalue weighted by atomic mass is 10.8. The molecule has 0 unspecified atom stereocenters. The van der Waals surface area contributed by atoms with Crippen molar-refractivity contribution in [1.82, 2.24) is 0 Å². The molecule has 6 heavy (non-hydrogen) atoms. The molecular weight excluding hydrogens is 313 g/mol. The zero-order valence-corrected chi connectivity index (χ0v) is 7.10. The van der Waals surface area contributed by atoms with Gasteiger partial charge in [0.1, 0.15) is 0 Å². The second kappa shape index (κ2) is 2.61. The molecule has 0 rings (SSSR count). The first-order valence-corrected chi connectivity index (χ1v) is 3.39. The maximum Gasteiger partial charge on any atom is 0.233 e. The topological polar surface area (TPSA) is 20.2 Å². The predicted octanol–water partition coefficient (Wildman–Crippen LogP) is 1.47. The van der Waals surface area contributed by atoms with Crippen LogP contribution in [-0.4, -0.2) is 13.4 Å². The third kappa shape index (κ3) is 5.35. The summed E-state index contributed by atoms with van der Waals surface area (Å²) in [6.07, 6.45) is 0. The Morgan fingerprint density at radius 2 is 1.83 bits per heavy atom. The van der Waals surface area contributed by atoms with E-state index < -0.39 is 8.29 Å². The van der Waals surface area contributed by atoms with Crippen LogP contribution >= 0.6 is 45.2 Å². The normalized spacial score (nSPS) is 12.0. The summed E-state index contributed by atoms with van der Waals surface area (Å²) in [6.45, 7) is -0.423. The number of hydrogen-bond acceptors (Lipinski definition) is 1. The Labute approximate surface area is 62.6 Å². The van der Waals surface area contributed by atoms with E-state index >= 15 is 0 Å². The average molecular weight is 316 g/mol. The van der Waals surface area contributed by atoms with E-state index in [0.29, 0.717) is 0 Å². The van der Waals surface area contributed by atoms with Gasteiger partial charge in [-0.15, -0.1) is 0 Å². The molecule has 0 heterocycles. The lowest BCUT2D eigenvalue weighted by molar-refractivity contribution is 0.233. The van der Waals surface area contributed by atoms with Gasteiger partial charge >= 0.3 is 0 Å². The zero-order valence-electron chi connectivity index (χ0n) is 2.79. The highest BCUT2D eigenvalue weighted by atomic mass is 127. The number of halogens is 3. The second-order valence-electron chi connectivity index (χ2n) is 0.773. The van der Waals surface area contributed by atoms with E-state index in [1.54, 1.807) is 0 Å². The fourth-order valence-corrected chi connectivity index (χ4v) is 0. The van der Waals surface area contributed by atoms with Crippen LogP contribution in [0.4, 0.5) is 4.39 Å². The van der Waals surface area contributed by atoms with Crippen molar-refractivity contribution in [3.05, 3.63) is 0 Å². The van der Waals surface area contributed by atoms with Crippen LogP contribution in [0.25, 0.3) is 0 Å². The van der Waals surface area contributed by atoms with Gasteiger partial charge in [-0.2, -0.15) is 0 Å². The van der Waals surface area contributed by atoms with Gasteiger partial charge in [0.2, 0.25) is 1.68 Å². The van der Waals surface area contributed by atoms with Gasteiger partial charge in [-0.05, 0) is 45.2 Å². The van der Waals surface area contributed by atoms with Gasteiger partial charge in [-0.25, -0.2) is 4.39 Å². The van der Waals surface area contributed by atoms with E-state index in [2.05, 4.69) is 0 Å². The van der Waals surface area contributed by atoms with Crippen LogP contribution in [0.2, 0.25) is 0 Å². The maximum atomic E-state index is 11.8. The molecule has 0 aliphatic heterocycles. The van der Waals surface area contributed by atoms with E-state index in [-0.39, 0.29) is 0 Å². The molecule has 0 amide bonds. The van der Waals surface area contributed by atoms with Crippen molar-refractivity contribution < 1.29 is 9.50 Å². The van der Waals surface area contributed by atoms with Crippen LogP contribution in [0.1, 0.15) is 0 Å². The SMILES string of the molecule is OCC(F)(I)I. The number of hydrogen-bond donors (Lipinski definition) is 1. The summed E-state index contributed by atoms with van der Waals surface area (Å²) in [5.74, 6) is 0. The molecule has 0 aromatic heterocycles. The molecular formula is C2H3FI2O. The molecule has 0 aliphatic rings. The summed E-state index contributed by atoms with van der Waals surface area (Å²) in [5, 5.41) is 8.01. The van der Waals surface area contributed by atoms with Gasteiger partial charge < -0.3 is 5.11 Å². The Morgan fingerprint density at radius 3 is 1.83 bits per heavy atom. The molecule has 0 aromatic carbocycles. The van der Waals surface area contributed by atoms with Crippen molar-refractivity contribution in [2.45, 2.75) is 1.68 Å². The molecule has 0 radical (unpaired) electrons. The van der Waals surface area contributed by atoms with Gasteiger partial charge in [0.25, 0.3) is 0 Å². The minimum absolute atomic E-state index is 0.423. The van der Waals surface area contributed by atoms with Crippen LogP contribution in [-0.2, 0) is 0 Å². The van der Waals surface area contributed by atoms with E-state index in [0.717, 1.165) is 0 Å². The third-order valence-electron chi connectivity index (χ3n) is 0.179. The molecule has 0 saturated carbocycles. The Kier molecular flexibility index (Phi) is 3.19. The molecule has 0 bridgehead atoms. The minimum atomic E-state index is -1.46. The summed E-state index contributed by atoms with van der Waals surface area (Å²) in [5.41, 5.74) is 0. The number of rotatable bonds is 1.